The van der Waals surface area contributed by atoms with Crippen LogP contribution in [0.25, 0.3) is 0 Å². The van der Waals surface area contributed by atoms with E-state index in [2.05, 4.69) is 27.7 Å². The summed E-state index contributed by atoms with van der Waals surface area (Å²) in [6.45, 7) is 10.9. The average Bonchev–Trinajstić information content (AvgIpc) is 2.34. The number of carbonyl (C=O) groups excluding carboxylic acids is 1. The Hall–Kier alpha value is -0.610. The molecule has 1 atom stereocenters. The van der Waals surface area contributed by atoms with E-state index in [1.54, 1.807) is 0 Å². The van der Waals surface area contributed by atoms with Gasteiger partial charge in [-0.3, -0.25) is 4.79 Å². The standard InChI is InChI=1S/C16H31NO3/c1-13(12-16(2,3)4)11-15(19)17-7-5-14(6-8-17)20-10-9-18/h13-14,18H,5-12H2,1-4H3. The van der Waals surface area contributed by atoms with Crippen molar-refractivity contribution in [3.63, 3.8) is 0 Å². The molecule has 1 amide bonds. The van der Waals surface area contributed by atoms with Crippen molar-refractivity contribution in [3.8, 4) is 0 Å². The van der Waals surface area contributed by atoms with Crippen molar-refractivity contribution in [2.24, 2.45) is 11.3 Å². The summed E-state index contributed by atoms with van der Waals surface area (Å²) in [6.07, 6.45) is 3.71. The van der Waals surface area contributed by atoms with Crippen molar-refractivity contribution in [3.05, 3.63) is 0 Å². The van der Waals surface area contributed by atoms with Gasteiger partial charge in [0.25, 0.3) is 0 Å². The monoisotopic (exact) mass is 285 g/mol. The highest BCUT2D eigenvalue weighted by Gasteiger charge is 2.25. The number of amides is 1. The highest BCUT2D eigenvalue weighted by molar-refractivity contribution is 5.76. The lowest BCUT2D eigenvalue weighted by molar-refractivity contribution is -0.135. The summed E-state index contributed by atoms with van der Waals surface area (Å²) < 4.78 is 5.52. The van der Waals surface area contributed by atoms with E-state index in [0.717, 1.165) is 32.4 Å². The number of aliphatic hydroxyl groups excluding tert-OH is 1. The second kappa shape index (κ2) is 7.99. The van der Waals surface area contributed by atoms with E-state index < -0.39 is 0 Å². The molecular formula is C16H31NO3. The topological polar surface area (TPSA) is 49.8 Å². The average molecular weight is 285 g/mol. The lowest BCUT2D eigenvalue weighted by atomic mass is 9.84. The lowest BCUT2D eigenvalue weighted by Crippen LogP contribution is -2.41. The molecule has 1 heterocycles. The van der Waals surface area contributed by atoms with Crippen LogP contribution in [0, 0.1) is 11.3 Å². The molecule has 0 aromatic rings. The Labute approximate surface area is 123 Å². The van der Waals surface area contributed by atoms with Crippen LogP contribution in [-0.4, -0.2) is 48.3 Å². The number of nitrogens with zero attached hydrogens (tertiary/aromatic N) is 1. The van der Waals surface area contributed by atoms with Crippen LogP contribution in [0.2, 0.25) is 0 Å². The molecule has 0 spiro atoms. The van der Waals surface area contributed by atoms with Gasteiger partial charge in [0.1, 0.15) is 0 Å². The van der Waals surface area contributed by atoms with Crippen LogP contribution < -0.4 is 0 Å². The summed E-state index contributed by atoms with van der Waals surface area (Å²) in [4.78, 5) is 14.2. The number of ether oxygens (including phenoxy) is 1. The van der Waals surface area contributed by atoms with Crippen LogP contribution >= 0.6 is 0 Å². The van der Waals surface area contributed by atoms with Crippen LogP contribution in [0.15, 0.2) is 0 Å². The fourth-order valence-corrected chi connectivity index (χ4v) is 3.04. The lowest BCUT2D eigenvalue weighted by Gasteiger charge is -2.33. The second-order valence-corrected chi connectivity index (χ2v) is 7.25. The Balaban J connectivity index is 2.28. The molecule has 1 rings (SSSR count). The number of hydrogen-bond donors (Lipinski definition) is 1. The molecule has 4 heteroatoms. The van der Waals surface area contributed by atoms with Crippen molar-refractivity contribution in [1.82, 2.24) is 4.90 Å². The molecule has 0 saturated carbocycles. The molecule has 0 aromatic carbocycles. The second-order valence-electron chi connectivity index (χ2n) is 7.25. The minimum absolute atomic E-state index is 0.0729. The highest BCUT2D eigenvalue weighted by atomic mass is 16.5. The van der Waals surface area contributed by atoms with Crippen LogP contribution in [0.5, 0.6) is 0 Å². The van der Waals surface area contributed by atoms with E-state index >= 15 is 0 Å². The maximum atomic E-state index is 12.3. The first-order chi connectivity index (χ1) is 9.31. The summed E-state index contributed by atoms with van der Waals surface area (Å²) >= 11 is 0. The minimum Gasteiger partial charge on any atom is -0.394 e. The molecule has 1 saturated heterocycles. The zero-order valence-electron chi connectivity index (χ0n) is 13.5. The normalized spacial score (nSPS) is 19.1. The van der Waals surface area contributed by atoms with E-state index in [1.807, 2.05) is 4.90 Å². The Morgan fingerprint density at radius 3 is 2.45 bits per heavy atom. The largest absolute Gasteiger partial charge is 0.394 e. The SMILES string of the molecule is CC(CC(=O)N1CCC(OCCO)CC1)CC(C)(C)C. The number of hydrogen-bond acceptors (Lipinski definition) is 3. The van der Waals surface area contributed by atoms with E-state index in [1.165, 1.54) is 0 Å². The van der Waals surface area contributed by atoms with Gasteiger partial charge in [0, 0.05) is 19.5 Å². The molecule has 1 fully saturated rings. The van der Waals surface area contributed by atoms with Gasteiger partial charge in [-0.1, -0.05) is 27.7 Å². The number of piperidine rings is 1. The first-order valence-corrected chi connectivity index (χ1v) is 7.82. The smallest absolute Gasteiger partial charge is 0.222 e. The van der Waals surface area contributed by atoms with Crippen LogP contribution in [0.3, 0.4) is 0 Å². The Kier molecular flexibility index (Phi) is 6.96. The van der Waals surface area contributed by atoms with Gasteiger partial charge < -0.3 is 14.7 Å². The summed E-state index contributed by atoms with van der Waals surface area (Å²) in [5.41, 5.74) is 0.283. The molecule has 4 nitrogen and oxygen atoms in total. The molecule has 1 aliphatic rings. The minimum atomic E-state index is 0.0729. The maximum absolute atomic E-state index is 12.3. The Bertz CT molecular complexity index is 291. The van der Waals surface area contributed by atoms with Gasteiger partial charge in [0.05, 0.1) is 19.3 Å². The van der Waals surface area contributed by atoms with Crippen molar-refractivity contribution in [1.29, 1.82) is 0 Å². The van der Waals surface area contributed by atoms with Gasteiger partial charge in [0.15, 0.2) is 0 Å². The van der Waals surface area contributed by atoms with Gasteiger partial charge in [0.2, 0.25) is 5.91 Å². The van der Waals surface area contributed by atoms with Crippen molar-refractivity contribution in [2.45, 2.75) is 59.5 Å². The highest BCUT2D eigenvalue weighted by Crippen LogP contribution is 2.26. The zero-order valence-corrected chi connectivity index (χ0v) is 13.5. The molecule has 0 aliphatic carbocycles. The summed E-state index contributed by atoms with van der Waals surface area (Å²) in [5, 5.41) is 8.74. The maximum Gasteiger partial charge on any atom is 0.222 e. The quantitative estimate of drug-likeness (QED) is 0.815. The molecule has 0 aromatic heterocycles. The molecule has 1 unspecified atom stereocenters. The molecule has 0 bridgehead atoms. The fraction of sp³-hybridized carbons (Fsp3) is 0.938. The third kappa shape index (κ3) is 6.71. The third-order valence-electron chi connectivity index (χ3n) is 3.72. The summed E-state index contributed by atoms with van der Waals surface area (Å²) in [6, 6.07) is 0. The van der Waals surface area contributed by atoms with Gasteiger partial charge in [-0.15, -0.1) is 0 Å². The Morgan fingerprint density at radius 2 is 1.95 bits per heavy atom. The molecule has 1 N–H and O–H groups in total. The van der Waals surface area contributed by atoms with Crippen LogP contribution in [0.1, 0.15) is 53.4 Å². The summed E-state index contributed by atoms with van der Waals surface area (Å²) in [7, 11) is 0. The van der Waals surface area contributed by atoms with Gasteiger partial charge in [-0.25, -0.2) is 0 Å². The first kappa shape index (κ1) is 17.4. The van der Waals surface area contributed by atoms with Gasteiger partial charge in [-0.2, -0.15) is 0 Å². The number of likely N-dealkylation sites (tertiary alicyclic amines) is 1. The molecular weight excluding hydrogens is 254 g/mol. The molecule has 20 heavy (non-hydrogen) atoms. The van der Waals surface area contributed by atoms with E-state index in [9.17, 15) is 4.79 Å². The van der Waals surface area contributed by atoms with Gasteiger partial charge >= 0.3 is 0 Å². The number of aliphatic hydroxyl groups is 1. The predicted octanol–water partition coefficient (Wildman–Crippen LogP) is 2.45. The van der Waals surface area contributed by atoms with E-state index in [-0.39, 0.29) is 24.0 Å². The molecule has 0 radical (unpaired) electrons. The van der Waals surface area contributed by atoms with E-state index in [0.29, 0.717) is 18.9 Å². The Morgan fingerprint density at radius 1 is 1.35 bits per heavy atom. The van der Waals surface area contributed by atoms with Crippen molar-refractivity contribution < 1.29 is 14.6 Å². The van der Waals surface area contributed by atoms with Gasteiger partial charge in [-0.05, 0) is 30.6 Å². The first-order valence-electron chi connectivity index (χ1n) is 7.82. The third-order valence-corrected chi connectivity index (χ3v) is 3.72. The fourth-order valence-electron chi connectivity index (χ4n) is 3.04. The zero-order chi connectivity index (χ0) is 15.2. The summed E-state index contributed by atoms with van der Waals surface area (Å²) in [5.74, 6) is 0.716. The number of rotatable bonds is 6. The number of carbonyl (C=O) groups is 1. The van der Waals surface area contributed by atoms with E-state index in [4.69, 9.17) is 9.84 Å². The molecule has 118 valence electrons. The van der Waals surface area contributed by atoms with Crippen molar-refractivity contribution >= 4 is 5.91 Å². The van der Waals surface area contributed by atoms with Crippen molar-refractivity contribution in [2.75, 3.05) is 26.3 Å². The van der Waals surface area contributed by atoms with Crippen LogP contribution in [0.4, 0.5) is 0 Å². The van der Waals surface area contributed by atoms with Crippen LogP contribution in [-0.2, 0) is 9.53 Å². The predicted molar refractivity (Wildman–Crippen MR) is 80.5 cm³/mol. The molecule has 1 aliphatic heterocycles.